The fraction of sp³-hybridized carbons (Fsp3) is 0.600. The number of piperidine rings is 1. The molecule has 2 heterocycles. The molecule has 1 saturated heterocycles. The van der Waals surface area contributed by atoms with E-state index in [4.69, 9.17) is 9.84 Å². The summed E-state index contributed by atoms with van der Waals surface area (Å²) in [6.45, 7) is 3.44. The lowest BCUT2D eigenvalue weighted by molar-refractivity contribution is -0.151. The SMILES string of the molecule is CCOC(=O)C1CCCN(C(=O)CCn2ccc(C(=O)O)n2)C1. The summed E-state index contributed by atoms with van der Waals surface area (Å²) in [6.07, 6.45) is 3.27. The van der Waals surface area contributed by atoms with E-state index in [1.54, 1.807) is 11.8 Å². The average molecular weight is 323 g/mol. The van der Waals surface area contributed by atoms with Crippen molar-refractivity contribution in [1.29, 1.82) is 0 Å². The first-order chi connectivity index (χ1) is 11.0. The number of carbonyl (C=O) groups excluding carboxylic acids is 2. The van der Waals surface area contributed by atoms with E-state index in [-0.39, 0.29) is 29.9 Å². The summed E-state index contributed by atoms with van der Waals surface area (Å²) in [7, 11) is 0. The lowest BCUT2D eigenvalue weighted by Crippen LogP contribution is -2.43. The van der Waals surface area contributed by atoms with E-state index in [1.165, 1.54) is 16.9 Å². The maximum atomic E-state index is 12.3. The zero-order valence-corrected chi connectivity index (χ0v) is 13.1. The fourth-order valence-electron chi connectivity index (χ4n) is 2.62. The van der Waals surface area contributed by atoms with Crippen molar-refractivity contribution in [3.63, 3.8) is 0 Å². The largest absolute Gasteiger partial charge is 0.476 e. The Bertz CT molecular complexity index is 583. The maximum absolute atomic E-state index is 12.3. The van der Waals surface area contributed by atoms with Gasteiger partial charge in [0.1, 0.15) is 0 Å². The molecule has 1 fully saturated rings. The second-order valence-electron chi connectivity index (χ2n) is 5.45. The van der Waals surface area contributed by atoms with Gasteiger partial charge in [-0.15, -0.1) is 0 Å². The van der Waals surface area contributed by atoms with Gasteiger partial charge in [0.25, 0.3) is 0 Å². The predicted molar refractivity (Wildman–Crippen MR) is 79.7 cm³/mol. The summed E-state index contributed by atoms with van der Waals surface area (Å²) in [5.74, 6) is -1.66. The highest BCUT2D eigenvalue weighted by Gasteiger charge is 2.29. The summed E-state index contributed by atoms with van der Waals surface area (Å²) in [6, 6.07) is 1.39. The molecule has 1 amide bonds. The van der Waals surface area contributed by atoms with E-state index in [9.17, 15) is 14.4 Å². The van der Waals surface area contributed by atoms with Crippen LogP contribution in [0, 0.1) is 5.92 Å². The zero-order chi connectivity index (χ0) is 16.8. The first kappa shape index (κ1) is 17.0. The molecule has 2 rings (SSSR count). The lowest BCUT2D eigenvalue weighted by atomic mass is 9.98. The smallest absolute Gasteiger partial charge is 0.356 e. The maximum Gasteiger partial charge on any atom is 0.356 e. The molecule has 0 aromatic carbocycles. The molecular weight excluding hydrogens is 302 g/mol. The van der Waals surface area contributed by atoms with Crippen LogP contribution in [0.1, 0.15) is 36.7 Å². The van der Waals surface area contributed by atoms with Crippen molar-refractivity contribution < 1.29 is 24.2 Å². The number of aryl methyl sites for hydroxylation is 1. The Morgan fingerprint density at radius 2 is 2.22 bits per heavy atom. The number of ether oxygens (including phenoxy) is 1. The molecule has 1 aliphatic rings. The number of hydrogen-bond acceptors (Lipinski definition) is 5. The van der Waals surface area contributed by atoms with Gasteiger partial charge >= 0.3 is 11.9 Å². The molecule has 1 aromatic rings. The normalized spacial score (nSPS) is 17.8. The predicted octanol–water partition coefficient (Wildman–Crippen LogP) is 0.773. The highest BCUT2D eigenvalue weighted by molar-refractivity contribution is 5.85. The van der Waals surface area contributed by atoms with Gasteiger partial charge in [0.2, 0.25) is 5.91 Å². The number of esters is 1. The molecule has 23 heavy (non-hydrogen) atoms. The van der Waals surface area contributed by atoms with Crippen LogP contribution < -0.4 is 0 Å². The van der Waals surface area contributed by atoms with Crippen molar-refractivity contribution in [2.45, 2.75) is 32.7 Å². The summed E-state index contributed by atoms with van der Waals surface area (Å²) in [5, 5.41) is 12.7. The van der Waals surface area contributed by atoms with Crippen LogP contribution in [0.3, 0.4) is 0 Å². The first-order valence-electron chi connectivity index (χ1n) is 7.72. The van der Waals surface area contributed by atoms with Crippen LogP contribution in [0.5, 0.6) is 0 Å². The standard InChI is InChI=1S/C15H21N3O5/c1-2-23-15(22)11-4-3-7-17(10-11)13(19)6-9-18-8-5-12(16-18)14(20)21/h5,8,11H,2-4,6-7,9-10H2,1H3,(H,20,21). The van der Waals surface area contributed by atoms with E-state index in [2.05, 4.69) is 5.10 Å². The van der Waals surface area contributed by atoms with Gasteiger partial charge in [-0.2, -0.15) is 5.10 Å². The van der Waals surface area contributed by atoms with Crippen LogP contribution in [0.2, 0.25) is 0 Å². The minimum absolute atomic E-state index is 0.0437. The fourth-order valence-corrected chi connectivity index (χ4v) is 2.62. The van der Waals surface area contributed by atoms with Gasteiger partial charge in [-0.05, 0) is 25.8 Å². The number of aromatic nitrogens is 2. The van der Waals surface area contributed by atoms with Gasteiger partial charge in [-0.1, -0.05) is 0 Å². The van der Waals surface area contributed by atoms with E-state index in [1.807, 2.05) is 0 Å². The Balaban J connectivity index is 1.84. The molecule has 1 unspecified atom stereocenters. The van der Waals surface area contributed by atoms with E-state index < -0.39 is 5.97 Å². The molecule has 0 saturated carbocycles. The summed E-state index contributed by atoms with van der Waals surface area (Å²) in [5.41, 5.74) is -0.0437. The zero-order valence-electron chi connectivity index (χ0n) is 13.1. The monoisotopic (exact) mass is 323 g/mol. The summed E-state index contributed by atoms with van der Waals surface area (Å²) in [4.78, 5) is 36.5. The summed E-state index contributed by atoms with van der Waals surface area (Å²) < 4.78 is 6.46. The molecule has 1 atom stereocenters. The van der Waals surface area contributed by atoms with Gasteiger partial charge in [0.05, 0.1) is 12.5 Å². The number of carboxylic acid groups (broad SMARTS) is 1. The second-order valence-corrected chi connectivity index (χ2v) is 5.45. The highest BCUT2D eigenvalue weighted by Crippen LogP contribution is 2.18. The van der Waals surface area contributed by atoms with Gasteiger partial charge in [0, 0.05) is 32.3 Å². The van der Waals surface area contributed by atoms with Gasteiger partial charge in [-0.25, -0.2) is 4.79 Å². The van der Waals surface area contributed by atoms with Crippen LogP contribution in [0.25, 0.3) is 0 Å². The molecule has 0 spiro atoms. The topological polar surface area (TPSA) is 102 Å². The van der Waals surface area contributed by atoms with Crippen LogP contribution in [-0.4, -0.2) is 57.3 Å². The lowest BCUT2D eigenvalue weighted by Gasteiger charge is -2.31. The van der Waals surface area contributed by atoms with Crippen LogP contribution >= 0.6 is 0 Å². The number of carboxylic acids is 1. The van der Waals surface area contributed by atoms with Crippen molar-refractivity contribution in [2.24, 2.45) is 5.92 Å². The van der Waals surface area contributed by atoms with Gasteiger partial charge in [-0.3, -0.25) is 14.3 Å². The quantitative estimate of drug-likeness (QED) is 0.776. The Hall–Kier alpha value is -2.38. The molecule has 8 nitrogen and oxygen atoms in total. The van der Waals surface area contributed by atoms with Crippen LogP contribution in [-0.2, 0) is 20.9 Å². The molecule has 1 aliphatic heterocycles. The number of aromatic carboxylic acids is 1. The Kier molecular flexibility index (Phi) is 5.72. The number of amides is 1. The third-order valence-electron chi connectivity index (χ3n) is 3.81. The van der Waals surface area contributed by atoms with Gasteiger partial charge < -0.3 is 14.7 Å². The minimum atomic E-state index is -1.09. The Labute approximate surface area is 134 Å². The van der Waals surface area contributed by atoms with Crippen molar-refractivity contribution in [3.05, 3.63) is 18.0 Å². The minimum Gasteiger partial charge on any atom is -0.476 e. The number of hydrogen-bond donors (Lipinski definition) is 1. The average Bonchev–Trinajstić information content (AvgIpc) is 3.02. The molecular formula is C15H21N3O5. The number of carbonyl (C=O) groups is 3. The molecule has 1 N–H and O–H groups in total. The van der Waals surface area contributed by atoms with Gasteiger partial charge in [0.15, 0.2) is 5.69 Å². The first-order valence-corrected chi connectivity index (χ1v) is 7.72. The van der Waals surface area contributed by atoms with Crippen molar-refractivity contribution in [2.75, 3.05) is 19.7 Å². The van der Waals surface area contributed by atoms with Crippen molar-refractivity contribution in [1.82, 2.24) is 14.7 Å². The second kappa shape index (κ2) is 7.75. The Morgan fingerprint density at radius 1 is 1.43 bits per heavy atom. The molecule has 0 radical (unpaired) electrons. The molecule has 126 valence electrons. The van der Waals surface area contributed by atoms with E-state index in [0.717, 1.165) is 12.8 Å². The highest BCUT2D eigenvalue weighted by atomic mass is 16.5. The van der Waals surface area contributed by atoms with E-state index >= 15 is 0 Å². The summed E-state index contributed by atoms with van der Waals surface area (Å²) >= 11 is 0. The number of nitrogens with zero attached hydrogens (tertiary/aromatic N) is 3. The van der Waals surface area contributed by atoms with Crippen molar-refractivity contribution in [3.8, 4) is 0 Å². The van der Waals surface area contributed by atoms with Crippen LogP contribution in [0.4, 0.5) is 0 Å². The number of rotatable bonds is 6. The van der Waals surface area contributed by atoms with E-state index in [0.29, 0.717) is 26.2 Å². The van der Waals surface area contributed by atoms with Crippen molar-refractivity contribution >= 4 is 17.8 Å². The molecule has 8 heteroatoms. The molecule has 0 bridgehead atoms. The third-order valence-corrected chi connectivity index (χ3v) is 3.81. The Morgan fingerprint density at radius 3 is 2.87 bits per heavy atom. The van der Waals surface area contributed by atoms with Crippen LogP contribution in [0.15, 0.2) is 12.3 Å². The third kappa shape index (κ3) is 4.54. The number of likely N-dealkylation sites (tertiary alicyclic amines) is 1. The molecule has 1 aromatic heterocycles. The molecule has 0 aliphatic carbocycles.